The molecule has 1 amide bonds. The van der Waals surface area contributed by atoms with Crippen LogP contribution in [-0.4, -0.2) is 26.4 Å². The summed E-state index contributed by atoms with van der Waals surface area (Å²) in [5.41, 5.74) is 4.11. The number of carbonyl (C=O) groups is 1. The summed E-state index contributed by atoms with van der Waals surface area (Å²) in [6.45, 7) is 2.57. The fraction of sp³-hybridized carbons (Fsp3) is 0.125. The van der Waals surface area contributed by atoms with E-state index in [1.807, 2.05) is 101 Å². The van der Waals surface area contributed by atoms with Gasteiger partial charge in [0.25, 0.3) is 0 Å². The van der Waals surface area contributed by atoms with Crippen LogP contribution >= 0.6 is 11.8 Å². The minimum atomic E-state index is 0.0226. The second-order valence-electron chi connectivity index (χ2n) is 6.86. The highest BCUT2D eigenvalue weighted by atomic mass is 32.2. The minimum Gasteiger partial charge on any atom is -0.307 e. The molecular weight excluding hydrogens is 392 g/mol. The number of nitrogens with zero attached hydrogens (tertiary/aromatic N) is 4. The second-order valence-corrected chi connectivity index (χ2v) is 7.80. The Kier molecular flexibility index (Phi) is 6.25. The normalized spacial score (nSPS) is 10.7. The molecule has 0 saturated heterocycles. The molecule has 0 spiro atoms. The molecule has 1 heterocycles. The van der Waals surface area contributed by atoms with E-state index in [0.717, 1.165) is 22.5 Å². The molecule has 0 N–H and O–H groups in total. The van der Waals surface area contributed by atoms with Crippen molar-refractivity contribution in [1.82, 2.24) is 14.8 Å². The average molecular weight is 415 g/mol. The Labute approximate surface area is 180 Å². The van der Waals surface area contributed by atoms with E-state index in [2.05, 4.69) is 10.2 Å². The lowest BCUT2D eigenvalue weighted by atomic mass is 10.2. The maximum Gasteiger partial charge on any atom is 0.237 e. The lowest BCUT2D eigenvalue weighted by molar-refractivity contribution is -0.116. The molecule has 5 nitrogen and oxygen atoms in total. The minimum absolute atomic E-state index is 0.0226. The fourth-order valence-corrected chi connectivity index (χ4v) is 4.02. The van der Waals surface area contributed by atoms with Crippen molar-refractivity contribution in [2.45, 2.75) is 18.6 Å². The molecular formula is C24H22N4OS. The van der Waals surface area contributed by atoms with E-state index in [-0.39, 0.29) is 11.7 Å². The first-order valence-corrected chi connectivity index (χ1v) is 10.7. The van der Waals surface area contributed by atoms with E-state index < -0.39 is 0 Å². The lowest BCUT2D eigenvalue weighted by Crippen LogP contribution is -2.32. The first kappa shape index (κ1) is 19.9. The molecule has 6 heteroatoms. The number of hydrogen-bond donors (Lipinski definition) is 0. The Bertz CT molecular complexity index is 1110. The van der Waals surface area contributed by atoms with Crippen LogP contribution in [0.15, 0.2) is 96.4 Å². The molecule has 0 saturated carbocycles. The number of thioether (sulfide) groups is 1. The predicted octanol–water partition coefficient (Wildman–Crippen LogP) is 4.90. The van der Waals surface area contributed by atoms with E-state index in [1.165, 1.54) is 11.8 Å². The molecule has 0 radical (unpaired) electrons. The number of aromatic nitrogens is 3. The van der Waals surface area contributed by atoms with E-state index in [4.69, 9.17) is 0 Å². The Morgan fingerprint density at radius 2 is 1.60 bits per heavy atom. The van der Waals surface area contributed by atoms with Gasteiger partial charge in [0.15, 0.2) is 5.16 Å². The van der Waals surface area contributed by atoms with Gasteiger partial charge in [0, 0.05) is 5.69 Å². The van der Waals surface area contributed by atoms with Gasteiger partial charge < -0.3 is 4.90 Å². The number of amides is 1. The molecule has 0 fully saturated rings. The number of aryl methyl sites for hydroxylation is 1. The quantitative estimate of drug-likeness (QED) is 0.404. The number of benzene rings is 3. The summed E-state index contributed by atoms with van der Waals surface area (Å²) >= 11 is 1.40. The van der Waals surface area contributed by atoms with E-state index in [0.29, 0.717) is 11.7 Å². The molecule has 0 unspecified atom stereocenters. The zero-order chi connectivity index (χ0) is 20.8. The largest absolute Gasteiger partial charge is 0.307 e. The van der Waals surface area contributed by atoms with Gasteiger partial charge in [0.1, 0.15) is 6.33 Å². The molecule has 3 aromatic carbocycles. The monoisotopic (exact) mass is 414 g/mol. The van der Waals surface area contributed by atoms with Gasteiger partial charge >= 0.3 is 0 Å². The summed E-state index contributed by atoms with van der Waals surface area (Å²) in [7, 11) is 0. The average Bonchev–Trinajstić information content (AvgIpc) is 3.26. The third-order valence-corrected chi connectivity index (χ3v) is 5.70. The molecule has 0 aliphatic rings. The zero-order valence-electron chi connectivity index (χ0n) is 16.7. The Morgan fingerprint density at radius 3 is 2.33 bits per heavy atom. The summed E-state index contributed by atoms with van der Waals surface area (Å²) < 4.78 is 1.93. The van der Waals surface area contributed by atoms with Crippen molar-refractivity contribution in [3.63, 3.8) is 0 Å². The summed E-state index contributed by atoms with van der Waals surface area (Å²) in [6, 6.07) is 27.8. The third-order valence-electron chi connectivity index (χ3n) is 4.77. The van der Waals surface area contributed by atoms with Crippen molar-refractivity contribution in [2.24, 2.45) is 0 Å². The summed E-state index contributed by atoms with van der Waals surface area (Å²) in [4.78, 5) is 15.0. The van der Waals surface area contributed by atoms with Crippen molar-refractivity contribution >= 4 is 23.4 Å². The molecule has 0 bridgehead atoms. The van der Waals surface area contributed by atoms with Gasteiger partial charge in [-0.1, -0.05) is 78.5 Å². The number of hydrogen-bond acceptors (Lipinski definition) is 4. The molecule has 150 valence electrons. The van der Waals surface area contributed by atoms with E-state index in [9.17, 15) is 4.79 Å². The van der Waals surface area contributed by atoms with Crippen LogP contribution in [0, 0.1) is 6.92 Å². The van der Waals surface area contributed by atoms with E-state index in [1.54, 1.807) is 6.33 Å². The molecule has 0 aliphatic heterocycles. The number of rotatable bonds is 7. The van der Waals surface area contributed by atoms with Gasteiger partial charge in [-0.2, -0.15) is 0 Å². The Morgan fingerprint density at radius 1 is 0.933 bits per heavy atom. The number of carbonyl (C=O) groups excluding carboxylic acids is 1. The molecule has 0 aliphatic carbocycles. The Balaban J connectivity index is 1.53. The molecule has 4 rings (SSSR count). The number of para-hydroxylation sites is 2. The van der Waals surface area contributed by atoms with Crippen LogP contribution in [0.2, 0.25) is 0 Å². The second kappa shape index (κ2) is 9.41. The topological polar surface area (TPSA) is 51.0 Å². The summed E-state index contributed by atoms with van der Waals surface area (Å²) in [6.07, 6.45) is 1.69. The van der Waals surface area contributed by atoms with Crippen LogP contribution < -0.4 is 4.90 Å². The molecule has 1 aromatic heterocycles. The third kappa shape index (κ3) is 4.60. The van der Waals surface area contributed by atoms with Crippen molar-refractivity contribution in [2.75, 3.05) is 10.7 Å². The van der Waals surface area contributed by atoms with Crippen LogP contribution in [0.3, 0.4) is 0 Å². The summed E-state index contributed by atoms with van der Waals surface area (Å²) in [5, 5.41) is 8.98. The van der Waals surface area contributed by atoms with Crippen molar-refractivity contribution in [1.29, 1.82) is 0 Å². The smallest absolute Gasteiger partial charge is 0.237 e. The van der Waals surface area contributed by atoms with Gasteiger partial charge in [-0.05, 0) is 36.2 Å². The lowest BCUT2D eigenvalue weighted by Gasteiger charge is -2.23. The maximum atomic E-state index is 13.2. The van der Waals surface area contributed by atoms with Crippen LogP contribution in [0.4, 0.5) is 5.69 Å². The van der Waals surface area contributed by atoms with Gasteiger partial charge in [0.2, 0.25) is 5.91 Å². The standard InChI is InChI=1S/C24H22N4OS/c1-19-10-8-9-15-22(19)28-18-25-26-24(28)30-17-23(29)27(21-13-6-3-7-14-21)16-20-11-4-2-5-12-20/h2-15,18H,16-17H2,1H3. The number of anilines is 1. The highest BCUT2D eigenvalue weighted by Gasteiger charge is 2.18. The highest BCUT2D eigenvalue weighted by molar-refractivity contribution is 7.99. The van der Waals surface area contributed by atoms with Gasteiger partial charge in [-0.25, -0.2) is 0 Å². The maximum absolute atomic E-state index is 13.2. The highest BCUT2D eigenvalue weighted by Crippen LogP contribution is 2.24. The fourth-order valence-electron chi connectivity index (χ4n) is 3.22. The van der Waals surface area contributed by atoms with Crippen molar-refractivity contribution in [3.05, 3.63) is 102 Å². The predicted molar refractivity (Wildman–Crippen MR) is 121 cm³/mol. The van der Waals surface area contributed by atoms with Crippen molar-refractivity contribution < 1.29 is 4.79 Å². The van der Waals surface area contributed by atoms with Crippen molar-refractivity contribution in [3.8, 4) is 5.69 Å². The first-order valence-electron chi connectivity index (χ1n) is 9.70. The molecule has 0 atom stereocenters. The Hall–Kier alpha value is -3.38. The van der Waals surface area contributed by atoms with Crippen LogP contribution in [0.1, 0.15) is 11.1 Å². The molecule has 30 heavy (non-hydrogen) atoms. The van der Waals surface area contributed by atoms with Gasteiger partial charge in [0.05, 0.1) is 18.0 Å². The summed E-state index contributed by atoms with van der Waals surface area (Å²) in [5.74, 6) is 0.293. The van der Waals surface area contributed by atoms with E-state index >= 15 is 0 Å². The molecule has 4 aromatic rings. The van der Waals surface area contributed by atoms with Gasteiger partial charge in [-0.15, -0.1) is 10.2 Å². The van der Waals surface area contributed by atoms with Crippen LogP contribution in [0.25, 0.3) is 5.69 Å². The first-order chi connectivity index (χ1) is 14.7. The SMILES string of the molecule is Cc1ccccc1-n1cnnc1SCC(=O)N(Cc1ccccc1)c1ccccc1. The van der Waals surface area contributed by atoms with Gasteiger partial charge in [-0.3, -0.25) is 9.36 Å². The zero-order valence-corrected chi connectivity index (χ0v) is 17.5. The van der Waals surface area contributed by atoms with Crippen LogP contribution in [-0.2, 0) is 11.3 Å². The van der Waals surface area contributed by atoms with Crippen LogP contribution in [0.5, 0.6) is 0 Å².